The predicted octanol–water partition coefficient (Wildman–Crippen LogP) is 5.30. The maximum atomic E-state index is 13.0. The molecule has 0 saturated heterocycles. The first-order chi connectivity index (χ1) is 16.7. The molecule has 0 radical (unpaired) electrons. The first kappa shape index (κ1) is 26.1. The van der Waals surface area contributed by atoms with Crippen LogP contribution in [-0.2, 0) is 14.3 Å². The van der Waals surface area contributed by atoms with Crippen LogP contribution in [0.5, 0.6) is 0 Å². The van der Waals surface area contributed by atoms with Gasteiger partial charge in [0.1, 0.15) is 6.10 Å². The largest absolute Gasteiger partial charge is 0.458 e. The average molecular weight is 480 g/mol. The topological polar surface area (TPSA) is 98.8 Å². The molecular formula is C28H33NO6. The molecule has 0 heterocycles. The number of Topliss-reactive ketones (excluding diaryl/α,β-unsaturated/α-hetero) is 1. The molecule has 1 amide bonds. The lowest BCUT2D eigenvalue weighted by atomic mass is 9.75. The molecule has 0 bridgehead atoms. The van der Waals surface area contributed by atoms with Crippen molar-refractivity contribution in [2.75, 3.05) is 11.9 Å². The minimum atomic E-state index is -0.789. The van der Waals surface area contributed by atoms with Crippen molar-refractivity contribution < 1.29 is 28.7 Å². The molecule has 7 nitrogen and oxygen atoms in total. The Morgan fingerprint density at radius 3 is 2.31 bits per heavy atom. The van der Waals surface area contributed by atoms with Gasteiger partial charge in [-0.15, -0.1) is 0 Å². The van der Waals surface area contributed by atoms with Crippen LogP contribution in [0.2, 0.25) is 0 Å². The van der Waals surface area contributed by atoms with Crippen LogP contribution >= 0.6 is 0 Å². The van der Waals surface area contributed by atoms with Gasteiger partial charge in [0.05, 0.1) is 11.1 Å². The lowest BCUT2D eigenvalue weighted by Crippen LogP contribution is -2.36. The summed E-state index contributed by atoms with van der Waals surface area (Å²) in [4.78, 5) is 49.6. The van der Waals surface area contributed by atoms with Gasteiger partial charge in [-0.3, -0.25) is 9.59 Å². The summed E-state index contributed by atoms with van der Waals surface area (Å²) in [6.07, 6.45) is 2.71. The van der Waals surface area contributed by atoms with E-state index in [2.05, 4.69) is 26.1 Å². The van der Waals surface area contributed by atoms with Crippen LogP contribution < -0.4 is 5.32 Å². The van der Waals surface area contributed by atoms with Gasteiger partial charge in [-0.1, -0.05) is 51.5 Å². The van der Waals surface area contributed by atoms with Crippen LogP contribution in [0, 0.1) is 17.8 Å². The fourth-order valence-electron chi connectivity index (χ4n) is 4.51. The fourth-order valence-corrected chi connectivity index (χ4v) is 4.51. The van der Waals surface area contributed by atoms with Crippen molar-refractivity contribution in [1.82, 2.24) is 0 Å². The van der Waals surface area contributed by atoms with E-state index < -0.39 is 24.5 Å². The first-order valence-electron chi connectivity index (χ1n) is 12.0. The van der Waals surface area contributed by atoms with Gasteiger partial charge in [0.15, 0.2) is 12.4 Å². The number of rotatable bonds is 8. The SMILES string of the molecule is CC(=O)c1cccc(NC(=O)COC(=O)c2ccccc2C(=O)O[C@@H]2C[C@H](C)CC[C@@H]2C(C)C)c1. The number of ketones is 1. The van der Waals surface area contributed by atoms with Gasteiger partial charge in [0, 0.05) is 11.3 Å². The third-order valence-electron chi connectivity index (χ3n) is 6.47. The lowest BCUT2D eigenvalue weighted by molar-refractivity contribution is -0.119. The highest BCUT2D eigenvalue weighted by atomic mass is 16.5. The van der Waals surface area contributed by atoms with Crippen molar-refractivity contribution in [3.05, 3.63) is 65.2 Å². The van der Waals surface area contributed by atoms with Crippen LogP contribution in [0.1, 0.15) is 78.0 Å². The highest BCUT2D eigenvalue weighted by Crippen LogP contribution is 2.35. The van der Waals surface area contributed by atoms with Crippen LogP contribution in [0.3, 0.4) is 0 Å². The lowest BCUT2D eigenvalue weighted by Gasteiger charge is -2.36. The molecular weight excluding hydrogens is 446 g/mol. The van der Waals surface area contributed by atoms with Crippen LogP contribution in [-0.4, -0.2) is 36.3 Å². The molecule has 2 aromatic carbocycles. The normalized spacial score (nSPS) is 19.6. The quantitative estimate of drug-likeness (QED) is 0.407. The number of anilines is 1. The molecule has 1 fully saturated rings. The summed E-state index contributed by atoms with van der Waals surface area (Å²) < 4.78 is 11.1. The molecule has 1 aliphatic carbocycles. The number of hydrogen-bond donors (Lipinski definition) is 1. The van der Waals surface area contributed by atoms with Gasteiger partial charge in [0.25, 0.3) is 5.91 Å². The van der Waals surface area contributed by atoms with Crippen molar-refractivity contribution in [2.45, 2.75) is 53.1 Å². The first-order valence-corrected chi connectivity index (χ1v) is 12.0. The van der Waals surface area contributed by atoms with E-state index in [-0.39, 0.29) is 28.9 Å². The predicted molar refractivity (Wildman–Crippen MR) is 132 cm³/mol. The van der Waals surface area contributed by atoms with E-state index in [4.69, 9.17) is 9.47 Å². The summed E-state index contributed by atoms with van der Waals surface area (Å²) in [5.74, 6) is -0.906. The molecule has 0 aromatic heterocycles. The molecule has 1 aliphatic rings. The third kappa shape index (κ3) is 7.01. The van der Waals surface area contributed by atoms with E-state index >= 15 is 0 Å². The van der Waals surface area contributed by atoms with Gasteiger partial charge < -0.3 is 14.8 Å². The molecule has 35 heavy (non-hydrogen) atoms. The van der Waals surface area contributed by atoms with Gasteiger partial charge >= 0.3 is 11.9 Å². The Bertz CT molecular complexity index is 1090. The van der Waals surface area contributed by atoms with Crippen LogP contribution in [0.4, 0.5) is 5.69 Å². The Morgan fingerprint density at radius 1 is 0.971 bits per heavy atom. The highest BCUT2D eigenvalue weighted by Gasteiger charge is 2.34. The summed E-state index contributed by atoms with van der Waals surface area (Å²) in [7, 11) is 0. The molecule has 0 unspecified atom stereocenters. The van der Waals surface area contributed by atoms with Gasteiger partial charge in [0.2, 0.25) is 0 Å². The zero-order chi connectivity index (χ0) is 25.5. The Labute approximate surface area is 206 Å². The summed E-state index contributed by atoms with van der Waals surface area (Å²) in [5, 5.41) is 2.60. The van der Waals surface area contributed by atoms with Crippen molar-refractivity contribution in [1.29, 1.82) is 0 Å². The van der Waals surface area contributed by atoms with E-state index in [1.165, 1.54) is 19.1 Å². The molecule has 186 valence electrons. The van der Waals surface area contributed by atoms with Crippen LogP contribution in [0.15, 0.2) is 48.5 Å². The summed E-state index contributed by atoms with van der Waals surface area (Å²) >= 11 is 0. The van der Waals surface area contributed by atoms with Gasteiger partial charge in [-0.25, -0.2) is 9.59 Å². The third-order valence-corrected chi connectivity index (χ3v) is 6.47. The number of esters is 2. The van der Waals surface area contributed by atoms with Gasteiger partial charge in [-0.05, 0) is 61.8 Å². The average Bonchev–Trinajstić information content (AvgIpc) is 2.82. The molecule has 3 rings (SSSR count). The number of nitrogens with one attached hydrogen (secondary N) is 1. The molecule has 3 atom stereocenters. The Hall–Kier alpha value is -3.48. The van der Waals surface area contributed by atoms with E-state index in [1.807, 2.05) is 0 Å². The molecule has 1 N–H and O–H groups in total. The standard InChI is InChI=1S/C28H33NO6/c1-17(2)22-13-12-18(3)14-25(22)35-28(33)24-11-6-5-10-23(24)27(32)34-16-26(31)29-21-9-7-8-20(15-21)19(4)30/h5-11,15,17-18,22,25H,12-14,16H2,1-4H3,(H,29,31)/t18-,22-,25-/m1/s1. The minimum Gasteiger partial charge on any atom is -0.458 e. The number of benzene rings is 2. The molecule has 2 aromatic rings. The van der Waals surface area contributed by atoms with Crippen LogP contribution in [0.25, 0.3) is 0 Å². The second-order valence-electron chi connectivity index (χ2n) is 9.58. The summed E-state index contributed by atoms with van der Waals surface area (Å²) in [6.45, 7) is 7.32. The van der Waals surface area contributed by atoms with Crippen molar-refractivity contribution in [3.63, 3.8) is 0 Å². The number of ether oxygens (including phenoxy) is 2. The zero-order valence-electron chi connectivity index (χ0n) is 20.7. The zero-order valence-corrected chi connectivity index (χ0v) is 20.7. The maximum Gasteiger partial charge on any atom is 0.339 e. The fraction of sp³-hybridized carbons (Fsp3) is 0.429. The number of carbonyl (C=O) groups is 4. The Kier molecular flexibility index (Phi) is 8.79. The second-order valence-corrected chi connectivity index (χ2v) is 9.58. The van der Waals surface area contributed by atoms with E-state index in [1.54, 1.807) is 36.4 Å². The molecule has 7 heteroatoms. The summed E-state index contributed by atoms with van der Waals surface area (Å²) in [6, 6.07) is 12.8. The second kappa shape index (κ2) is 11.8. The minimum absolute atomic E-state index is 0.0498. The molecule has 0 aliphatic heterocycles. The molecule has 1 saturated carbocycles. The number of amides is 1. The van der Waals surface area contributed by atoms with Crippen molar-refractivity contribution in [2.24, 2.45) is 17.8 Å². The van der Waals surface area contributed by atoms with Gasteiger partial charge in [-0.2, -0.15) is 0 Å². The maximum absolute atomic E-state index is 13.0. The Balaban J connectivity index is 1.64. The molecule has 0 spiro atoms. The summed E-state index contributed by atoms with van der Waals surface area (Å²) in [5.41, 5.74) is 1.05. The van der Waals surface area contributed by atoms with Crippen molar-refractivity contribution in [3.8, 4) is 0 Å². The van der Waals surface area contributed by atoms with E-state index in [0.717, 1.165) is 19.3 Å². The Morgan fingerprint density at radius 2 is 1.66 bits per heavy atom. The van der Waals surface area contributed by atoms with Crippen molar-refractivity contribution >= 4 is 29.3 Å². The smallest absolute Gasteiger partial charge is 0.339 e. The monoisotopic (exact) mass is 479 g/mol. The van der Waals surface area contributed by atoms with E-state index in [9.17, 15) is 19.2 Å². The number of carbonyl (C=O) groups excluding carboxylic acids is 4. The van der Waals surface area contributed by atoms with E-state index in [0.29, 0.717) is 23.1 Å². The highest BCUT2D eigenvalue weighted by molar-refractivity contribution is 6.04. The number of hydrogen-bond acceptors (Lipinski definition) is 6.